The molecule has 4 rings (SSSR count). The standard InChI is InChI=1S/C23H17F2N3O/c24-18-10-11-21(25)22(14-18)27-23(29)20-5-2-1-4-19(20)17-8-6-16(7-9-17)15-28-13-3-12-26-28/h1-14H,15H2,(H,27,29). The SMILES string of the molecule is O=C(Nc1cc(F)ccc1F)c1ccccc1-c1ccc(Cn2cccn2)cc1. The third-order valence-electron chi connectivity index (χ3n) is 4.52. The van der Waals surface area contributed by atoms with Crippen molar-refractivity contribution in [2.45, 2.75) is 6.54 Å². The van der Waals surface area contributed by atoms with E-state index in [4.69, 9.17) is 0 Å². The summed E-state index contributed by atoms with van der Waals surface area (Å²) in [6, 6.07) is 19.6. The van der Waals surface area contributed by atoms with Crippen molar-refractivity contribution in [1.82, 2.24) is 9.78 Å². The van der Waals surface area contributed by atoms with Gasteiger partial charge in [-0.05, 0) is 41.0 Å². The van der Waals surface area contributed by atoms with E-state index in [1.165, 1.54) is 0 Å². The maximum atomic E-state index is 13.9. The van der Waals surface area contributed by atoms with Crippen LogP contribution in [0.15, 0.2) is 85.2 Å². The lowest BCUT2D eigenvalue weighted by atomic mass is 9.98. The second-order valence-electron chi connectivity index (χ2n) is 6.52. The highest BCUT2D eigenvalue weighted by Gasteiger charge is 2.15. The average Bonchev–Trinajstić information content (AvgIpc) is 3.24. The van der Waals surface area contributed by atoms with Crippen molar-refractivity contribution in [3.8, 4) is 11.1 Å². The molecule has 4 aromatic rings. The van der Waals surface area contributed by atoms with Crippen molar-refractivity contribution < 1.29 is 13.6 Å². The molecule has 3 aromatic carbocycles. The number of anilines is 1. The molecule has 144 valence electrons. The summed E-state index contributed by atoms with van der Waals surface area (Å²) in [5, 5.41) is 6.64. The first kappa shape index (κ1) is 18.6. The summed E-state index contributed by atoms with van der Waals surface area (Å²) in [6.45, 7) is 0.647. The van der Waals surface area contributed by atoms with Gasteiger partial charge < -0.3 is 5.32 Å². The summed E-state index contributed by atoms with van der Waals surface area (Å²) in [4.78, 5) is 12.7. The van der Waals surface area contributed by atoms with Gasteiger partial charge in [0.25, 0.3) is 5.91 Å². The van der Waals surface area contributed by atoms with Crippen LogP contribution in [0.2, 0.25) is 0 Å². The van der Waals surface area contributed by atoms with E-state index in [1.807, 2.05) is 53.3 Å². The van der Waals surface area contributed by atoms with Crippen LogP contribution in [0.25, 0.3) is 11.1 Å². The van der Waals surface area contributed by atoms with E-state index in [-0.39, 0.29) is 5.69 Å². The summed E-state index contributed by atoms with van der Waals surface area (Å²) in [5.41, 5.74) is 2.80. The molecule has 0 aliphatic rings. The van der Waals surface area contributed by atoms with Crippen LogP contribution in [-0.4, -0.2) is 15.7 Å². The van der Waals surface area contributed by atoms with Gasteiger partial charge in [-0.15, -0.1) is 0 Å². The molecule has 1 N–H and O–H groups in total. The van der Waals surface area contributed by atoms with Crippen molar-refractivity contribution in [2.75, 3.05) is 5.32 Å². The molecule has 6 heteroatoms. The van der Waals surface area contributed by atoms with E-state index in [2.05, 4.69) is 10.4 Å². The minimum absolute atomic E-state index is 0.195. The van der Waals surface area contributed by atoms with Gasteiger partial charge in [-0.1, -0.05) is 42.5 Å². The molecule has 0 saturated heterocycles. The molecule has 0 saturated carbocycles. The van der Waals surface area contributed by atoms with Gasteiger partial charge >= 0.3 is 0 Å². The molecule has 1 heterocycles. The Morgan fingerprint density at radius 1 is 0.966 bits per heavy atom. The smallest absolute Gasteiger partial charge is 0.256 e. The predicted octanol–water partition coefficient (Wildman–Crippen LogP) is 5.13. The maximum Gasteiger partial charge on any atom is 0.256 e. The minimum Gasteiger partial charge on any atom is -0.319 e. The molecule has 0 aliphatic heterocycles. The molecule has 0 spiro atoms. The molecular weight excluding hydrogens is 372 g/mol. The van der Waals surface area contributed by atoms with E-state index >= 15 is 0 Å². The fourth-order valence-electron chi connectivity index (χ4n) is 3.09. The quantitative estimate of drug-likeness (QED) is 0.514. The van der Waals surface area contributed by atoms with Crippen molar-refractivity contribution >= 4 is 11.6 Å². The number of hydrogen-bond donors (Lipinski definition) is 1. The van der Waals surface area contributed by atoms with Gasteiger partial charge in [-0.2, -0.15) is 5.10 Å². The summed E-state index contributed by atoms with van der Waals surface area (Å²) in [7, 11) is 0. The minimum atomic E-state index is -0.694. The number of nitrogens with one attached hydrogen (secondary N) is 1. The van der Waals surface area contributed by atoms with E-state index < -0.39 is 17.5 Å². The van der Waals surface area contributed by atoms with E-state index in [0.29, 0.717) is 17.7 Å². The van der Waals surface area contributed by atoms with E-state index in [0.717, 1.165) is 29.3 Å². The summed E-state index contributed by atoms with van der Waals surface area (Å²) in [5.74, 6) is -1.83. The maximum absolute atomic E-state index is 13.9. The Morgan fingerprint density at radius 3 is 2.52 bits per heavy atom. The van der Waals surface area contributed by atoms with Crippen molar-refractivity contribution in [2.24, 2.45) is 0 Å². The number of hydrogen-bond acceptors (Lipinski definition) is 2. The molecule has 0 atom stereocenters. The molecular formula is C23H17F2N3O. The van der Waals surface area contributed by atoms with E-state index in [9.17, 15) is 13.6 Å². The molecule has 29 heavy (non-hydrogen) atoms. The van der Waals surface area contributed by atoms with Crippen LogP contribution in [0.1, 0.15) is 15.9 Å². The van der Waals surface area contributed by atoms with Crippen LogP contribution < -0.4 is 5.32 Å². The first-order valence-electron chi connectivity index (χ1n) is 9.02. The lowest BCUT2D eigenvalue weighted by molar-refractivity contribution is 0.102. The monoisotopic (exact) mass is 389 g/mol. The average molecular weight is 389 g/mol. The molecule has 1 aromatic heterocycles. The Labute approximate surface area is 166 Å². The fraction of sp³-hybridized carbons (Fsp3) is 0.0435. The van der Waals surface area contributed by atoms with Crippen molar-refractivity contribution in [1.29, 1.82) is 0 Å². The molecule has 0 fully saturated rings. The van der Waals surface area contributed by atoms with Crippen LogP contribution in [0.4, 0.5) is 14.5 Å². The number of amides is 1. The topological polar surface area (TPSA) is 46.9 Å². The summed E-state index contributed by atoms with van der Waals surface area (Å²) >= 11 is 0. The third kappa shape index (κ3) is 4.21. The Hall–Kier alpha value is -3.80. The molecule has 0 aliphatic carbocycles. The molecule has 0 bridgehead atoms. The second-order valence-corrected chi connectivity index (χ2v) is 6.52. The molecule has 0 radical (unpaired) electrons. The summed E-state index contributed by atoms with van der Waals surface area (Å²) < 4.78 is 29.1. The lowest BCUT2D eigenvalue weighted by Gasteiger charge is -2.12. The zero-order valence-corrected chi connectivity index (χ0v) is 15.3. The largest absolute Gasteiger partial charge is 0.319 e. The Balaban J connectivity index is 1.59. The van der Waals surface area contributed by atoms with Crippen LogP contribution >= 0.6 is 0 Å². The second kappa shape index (κ2) is 8.06. The number of benzene rings is 3. The van der Waals surface area contributed by atoms with Gasteiger partial charge in [-0.3, -0.25) is 9.48 Å². The molecule has 0 unspecified atom stereocenters. The van der Waals surface area contributed by atoms with Crippen LogP contribution in [0.5, 0.6) is 0 Å². The Morgan fingerprint density at radius 2 is 1.76 bits per heavy atom. The number of nitrogens with zero attached hydrogens (tertiary/aromatic N) is 2. The van der Waals surface area contributed by atoms with E-state index in [1.54, 1.807) is 18.3 Å². The fourth-order valence-corrected chi connectivity index (χ4v) is 3.09. The Kier molecular flexibility index (Phi) is 5.16. The number of halogens is 2. The molecule has 4 nitrogen and oxygen atoms in total. The third-order valence-corrected chi connectivity index (χ3v) is 4.52. The van der Waals surface area contributed by atoms with Gasteiger partial charge in [-0.25, -0.2) is 8.78 Å². The number of rotatable bonds is 5. The zero-order chi connectivity index (χ0) is 20.2. The van der Waals surface area contributed by atoms with Gasteiger partial charge in [0.1, 0.15) is 11.6 Å². The summed E-state index contributed by atoms with van der Waals surface area (Å²) in [6.07, 6.45) is 3.61. The number of carbonyl (C=O) groups is 1. The lowest BCUT2D eigenvalue weighted by Crippen LogP contribution is -2.14. The highest BCUT2D eigenvalue weighted by atomic mass is 19.1. The first-order valence-corrected chi connectivity index (χ1v) is 9.02. The van der Waals surface area contributed by atoms with Gasteiger partial charge in [0.15, 0.2) is 0 Å². The Bertz CT molecular complexity index is 1140. The highest BCUT2D eigenvalue weighted by Crippen LogP contribution is 2.26. The highest BCUT2D eigenvalue weighted by molar-refractivity contribution is 6.08. The van der Waals surface area contributed by atoms with Gasteiger partial charge in [0, 0.05) is 24.0 Å². The van der Waals surface area contributed by atoms with Gasteiger partial charge in [0.2, 0.25) is 0 Å². The van der Waals surface area contributed by atoms with Crippen molar-refractivity contribution in [3.05, 3.63) is 108 Å². The first-order chi connectivity index (χ1) is 14.1. The van der Waals surface area contributed by atoms with Crippen molar-refractivity contribution in [3.63, 3.8) is 0 Å². The van der Waals surface area contributed by atoms with Crippen LogP contribution in [-0.2, 0) is 6.54 Å². The zero-order valence-electron chi connectivity index (χ0n) is 15.3. The number of aromatic nitrogens is 2. The van der Waals surface area contributed by atoms with Crippen LogP contribution in [0, 0.1) is 11.6 Å². The number of carbonyl (C=O) groups excluding carboxylic acids is 1. The predicted molar refractivity (Wildman–Crippen MR) is 108 cm³/mol. The normalized spacial score (nSPS) is 10.7. The molecule has 1 amide bonds. The van der Waals surface area contributed by atoms with Gasteiger partial charge in [0.05, 0.1) is 12.2 Å². The van der Waals surface area contributed by atoms with Crippen LogP contribution in [0.3, 0.4) is 0 Å².